The minimum Gasteiger partial charge on any atom is -0.384 e. The second-order valence-corrected chi connectivity index (χ2v) is 4.30. The molecule has 1 aromatic carbocycles. The van der Waals surface area contributed by atoms with Crippen LogP contribution in [0.15, 0.2) is 30.3 Å². The number of nitrogens with one attached hydrogen (secondary N) is 1. The maximum Gasteiger partial charge on any atom is 0.158 e. The average Bonchev–Trinajstić information content (AvgIpc) is 2.38. The lowest BCUT2D eigenvalue weighted by Crippen LogP contribution is -2.05. The zero-order valence-electron chi connectivity index (χ0n) is 10.6. The van der Waals surface area contributed by atoms with E-state index >= 15 is 0 Å². The molecule has 0 saturated carbocycles. The van der Waals surface area contributed by atoms with Crippen LogP contribution in [0.3, 0.4) is 0 Å². The molecule has 0 bridgehead atoms. The van der Waals surface area contributed by atoms with Crippen molar-refractivity contribution < 1.29 is 4.74 Å². The van der Waals surface area contributed by atoms with Gasteiger partial charge in [-0.1, -0.05) is 11.6 Å². The minimum atomic E-state index is 0.344. The molecule has 0 atom stereocenters. The topological polar surface area (TPSA) is 73.1 Å². The second-order valence-electron chi connectivity index (χ2n) is 3.86. The zero-order valence-corrected chi connectivity index (χ0v) is 11.3. The quantitative estimate of drug-likeness (QED) is 0.879. The number of anilines is 3. The molecule has 1 aromatic heterocycles. The maximum atomic E-state index is 5.83. The maximum absolute atomic E-state index is 5.83. The van der Waals surface area contributed by atoms with Gasteiger partial charge in [-0.15, -0.1) is 0 Å². The first-order valence-corrected chi connectivity index (χ1v) is 6.29. The number of benzene rings is 1. The summed E-state index contributed by atoms with van der Waals surface area (Å²) in [5, 5.41) is 3.83. The molecule has 0 aliphatic carbocycles. The molecule has 19 heavy (non-hydrogen) atoms. The first kappa shape index (κ1) is 13.6. The van der Waals surface area contributed by atoms with Gasteiger partial charge in [0.25, 0.3) is 0 Å². The fourth-order valence-corrected chi connectivity index (χ4v) is 1.65. The molecule has 0 unspecified atom stereocenters. The Kier molecular flexibility index (Phi) is 4.54. The van der Waals surface area contributed by atoms with Gasteiger partial charge in [-0.2, -0.15) is 0 Å². The van der Waals surface area contributed by atoms with Crippen LogP contribution < -0.4 is 11.1 Å². The second kappa shape index (κ2) is 6.36. The highest BCUT2D eigenvalue weighted by atomic mass is 35.5. The molecule has 2 aromatic rings. The first-order chi connectivity index (χ1) is 9.17. The molecule has 0 saturated heterocycles. The van der Waals surface area contributed by atoms with E-state index in [0.717, 1.165) is 5.69 Å². The minimum absolute atomic E-state index is 0.344. The number of halogens is 1. The molecule has 3 N–H and O–H groups in total. The number of aromatic nitrogens is 2. The van der Waals surface area contributed by atoms with Gasteiger partial charge in [-0.05, 0) is 31.2 Å². The van der Waals surface area contributed by atoms with Crippen LogP contribution in [0.25, 0.3) is 0 Å². The Hall–Kier alpha value is -1.85. The van der Waals surface area contributed by atoms with Gasteiger partial charge in [0.2, 0.25) is 0 Å². The molecule has 100 valence electrons. The lowest BCUT2D eigenvalue weighted by atomic mass is 10.3. The third kappa shape index (κ3) is 4.08. The molecule has 5 nitrogen and oxygen atoms in total. The largest absolute Gasteiger partial charge is 0.384 e. The van der Waals surface area contributed by atoms with Crippen molar-refractivity contribution in [3.63, 3.8) is 0 Å². The van der Waals surface area contributed by atoms with E-state index in [1.165, 1.54) is 0 Å². The summed E-state index contributed by atoms with van der Waals surface area (Å²) in [6.07, 6.45) is 0. The SMILES string of the molecule is CCOCc1nc(N)cc(Nc2ccc(Cl)cc2)n1. The molecule has 0 spiro atoms. The van der Waals surface area contributed by atoms with Crippen LogP contribution in [-0.4, -0.2) is 16.6 Å². The fourth-order valence-electron chi connectivity index (χ4n) is 1.52. The average molecular weight is 279 g/mol. The van der Waals surface area contributed by atoms with E-state index < -0.39 is 0 Å². The highest BCUT2D eigenvalue weighted by Crippen LogP contribution is 2.18. The third-order valence-electron chi connectivity index (χ3n) is 2.34. The Morgan fingerprint density at radius 2 is 2.00 bits per heavy atom. The van der Waals surface area contributed by atoms with Crippen molar-refractivity contribution in [2.45, 2.75) is 13.5 Å². The summed E-state index contributed by atoms with van der Waals surface area (Å²) in [6.45, 7) is 2.87. The van der Waals surface area contributed by atoms with E-state index in [-0.39, 0.29) is 0 Å². The Morgan fingerprint density at radius 1 is 1.26 bits per heavy atom. The van der Waals surface area contributed by atoms with E-state index in [2.05, 4.69) is 15.3 Å². The lowest BCUT2D eigenvalue weighted by molar-refractivity contribution is 0.128. The van der Waals surface area contributed by atoms with Crippen LogP contribution in [-0.2, 0) is 11.3 Å². The van der Waals surface area contributed by atoms with Gasteiger partial charge in [0, 0.05) is 23.4 Å². The number of hydrogen-bond donors (Lipinski definition) is 2. The van der Waals surface area contributed by atoms with Crippen molar-refractivity contribution in [2.75, 3.05) is 17.7 Å². The molecular weight excluding hydrogens is 264 g/mol. The number of nitrogens with zero attached hydrogens (tertiary/aromatic N) is 2. The van der Waals surface area contributed by atoms with Crippen molar-refractivity contribution in [1.82, 2.24) is 9.97 Å². The van der Waals surface area contributed by atoms with Gasteiger partial charge in [0.05, 0.1) is 0 Å². The lowest BCUT2D eigenvalue weighted by Gasteiger charge is -2.08. The summed E-state index contributed by atoms with van der Waals surface area (Å²) in [5.41, 5.74) is 6.62. The van der Waals surface area contributed by atoms with Crippen LogP contribution in [0.4, 0.5) is 17.3 Å². The van der Waals surface area contributed by atoms with Gasteiger partial charge in [0.15, 0.2) is 5.82 Å². The van der Waals surface area contributed by atoms with Crippen molar-refractivity contribution in [1.29, 1.82) is 0 Å². The van der Waals surface area contributed by atoms with Crippen LogP contribution >= 0.6 is 11.6 Å². The van der Waals surface area contributed by atoms with Crippen LogP contribution in [0.5, 0.6) is 0 Å². The third-order valence-corrected chi connectivity index (χ3v) is 2.60. The predicted octanol–water partition coefficient (Wildman–Crippen LogP) is 2.99. The van der Waals surface area contributed by atoms with Crippen LogP contribution in [0, 0.1) is 0 Å². The Labute approximate surface area is 116 Å². The number of ether oxygens (including phenoxy) is 1. The Bertz CT molecular complexity index is 545. The molecular formula is C13H15ClN4O. The molecule has 1 heterocycles. The number of rotatable bonds is 5. The summed E-state index contributed by atoms with van der Waals surface area (Å²) in [7, 11) is 0. The zero-order chi connectivity index (χ0) is 13.7. The van der Waals surface area contributed by atoms with Crippen molar-refractivity contribution in [3.05, 3.63) is 41.2 Å². The molecule has 0 aliphatic heterocycles. The highest BCUT2D eigenvalue weighted by molar-refractivity contribution is 6.30. The summed E-state index contributed by atoms with van der Waals surface area (Å²) in [5.74, 6) is 1.59. The summed E-state index contributed by atoms with van der Waals surface area (Å²) >= 11 is 5.83. The predicted molar refractivity (Wildman–Crippen MR) is 76.5 cm³/mol. The van der Waals surface area contributed by atoms with Crippen LogP contribution in [0.1, 0.15) is 12.7 Å². The van der Waals surface area contributed by atoms with E-state index in [9.17, 15) is 0 Å². The highest BCUT2D eigenvalue weighted by Gasteiger charge is 2.03. The van der Waals surface area contributed by atoms with E-state index in [1.54, 1.807) is 18.2 Å². The molecule has 0 amide bonds. The summed E-state index contributed by atoms with van der Waals surface area (Å²) in [4.78, 5) is 8.44. The number of hydrogen-bond acceptors (Lipinski definition) is 5. The van der Waals surface area contributed by atoms with Gasteiger partial charge in [-0.25, -0.2) is 9.97 Å². The van der Waals surface area contributed by atoms with Crippen molar-refractivity contribution in [3.8, 4) is 0 Å². The van der Waals surface area contributed by atoms with Crippen molar-refractivity contribution >= 4 is 28.9 Å². The van der Waals surface area contributed by atoms with E-state index in [0.29, 0.717) is 35.7 Å². The van der Waals surface area contributed by atoms with Gasteiger partial charge >= 0.3 is 0 Å². The number of nitrogen functional groups attached to an aromatic ring is 1. The monoisotopic (exact) mass is 278 g/mol. The normalized spacial score (nSPS) is 10.4. The molecule has 2 rings (SSSR count). The van der Waals surface area contributed by atoms with E-state index in [4.69, 9.17) is 22.1 Å². The molecule has 0 fully saturated rings. The van der Waals surface area contributed by atoms with Crippen molar-refractivity contribution in [2.24, 2.45) is 0 Å². The van der Waals surface area contributed by atoms with Crippen LogP contribution in [0.2, 0.25) is 5.02 Å². The van der Waals surface area contributed by atoms with E-state index in [1.807, 2.05) is 19.1 Å². The summed E-state index contributed by atoms with van der Waals surface area (Å²) in [6, 6.07) is 9.00. The first-order valence-electron chi connectivity index (χ1n) is 5.91. The standard InChI is InChI=1S/C13H15ClN4O/c1-2-19-8-13-17-11(15)7-12(18-13)16-10-5-3-9(14)4-6-10/h3-7H,2,8H2,1H3,(H3,15,16,17,18). The van der Waals surface area contributed by atoms with Gasteiger partial charge in [0.1, 0.15) is 18.2 Å². The Balaban J connectivity index is 2.15. The smallest absolute Gasteiger partial charge is 0.158 e. The Morgan fingerprint density at radius 3 is 2.68 bits per heavy atom. The molecule has 0 radical (unpaired) electrons. The van der Waals surface area contributed by atoms with Gasteiger partial charge in [-0.3, -0.25) is 0 Å². The van der Waals surface area contributed by atoms with Gasteiger partial charge < -0.3 is 15.8 Å². The molecule has 0 aliphatic rings. The summed E-state index contributed by atoms with van der Waals surface area (Å²) < 4.78 is 5.27. The number of nitrogens with two attached hydrogens (primary N) is 1. The molecule has 6 heteroatoms. The fraction of sp³-hybridized carbons (Fsp3) is 0.231.